The van der Waals surface area contributed by atoms with Crippen molar-refractivity contribution in [3.05, 3.63) is 54.3 Å². The van der Waals surface area contributed by atoms with Crippen LogP contribution in [-0.4, -0.2) is 47.0 Å². The van der Waals surface area contributed by atoms with Crippen molar-refractivity contribution in [2.45, 2.75) is 45.6 Å². The van der Waals surface area contributed by atoms with Crippen LogP contribution in [0, 0.1) is 0 Å². The van der Waals surface area contributed by atoms with Crippen LogP contribution in [0.2, 0.25) is 0 Å². The van der Waals surface area contributed by atoms with Crippen LogP contribution in [0.1, 0.15) is 49.9 Å². The summed E-state index contributed by atoms with van der Waals surface area (Å²) < 4.78 is 20.1. The van der Waals surface area contributed by atoms with E-state index in [1.807, 2.05) is 18.3 Å². The quantitative estimate of drug-likeness (QED) is 0.482. The summed E-state index contributed by atoms with van der Waals surface area (Å²) in [6, 6.07) is 3.97. The minimum atomic E-state index is -0.387. The Morgan fingerprint density at radius 3 is 3.03 bits per heavy atom. The number of allylic oxidation sites excluding steroid dienone is 1. The summed E-state index contributed by atoms with van der Waals surface area (Å²) in [4.78, 5) is 18.9. The highest BCUT2D eigenvalue weighted by Crippen LogP contribution is 2.31. The van der Waals surface area contributed by atoms with Gasteiger partial charge in [-0.2, -0.15) is 5.10 Å². The van der Waals surface area contributed by atoms with Gasteiger partial charge in [0.15, 0.2) is 0 Å². The molecule has 2 aromatic rings. The van der Waals surface area contributed by atoms with E-state index in [-0.39, 0.29) is 17.8 Å². The summed E-state index contributed by atoms with van der Waals surface area (Å²) in [6.45, 7) is 9.15. The van der Waals surface area contributed by atoms with Crippen LogP contribution >= 0.6 is 0 Å². The number of anilines is 1. The fraction of sp³-hybridized carbons (Fsp3) is 0.435. The molecule has 0 spiro atoms. The number of rotatable bonds is 9. The average Bonchev–Trinajstić information content (AvgIpc) is 3.40. The molecule has 0 aromatic carbocycles. The highest BCUT2D eigenvalue weighted by molar-refractivity contribution is 6.02. The number of fused-ring (bicyclic) bond motifs is 1. The van der Waals surface area contributed by atoms with Crippen molar-refractivity contribution in [2.24, 2.45) is 10.7 Å². The molecule has 2 N–H and O–H groups in total. The van der Waals surface area contributed by atoms with Gasteiger partial charge in [0, 0.05) is 24.1 Å². The van der Waals surface area contributed by atoms with Gasteiger partial charge in [0.1, 0.15) is 11.4 Å². The van der Waals surface area contributed by atoms with E-state index < -0.39 is 0 Å². The lowest BCUT2D eigenvalue weighted by Crippen LogP contribution is -2.33. The highest BCUT2D eigenvalue weighted by Gasteiger charge is 2.29. The van der Waals surface area contributed by atoms with Gasteiger partial charge in [-0.25, -0.2) is 13.7 Å². The summed E-state index contributed by atoms with van der Waals surface area (Å²) >= 11 is 0. The first-order chi connectivity index (χ1) is 15.0. The predicted octanol–water partition coefficient (Wildman–Crippen LogP) is 4.05. The van der Waals surface area contributed by atoms with Crippen LogP contribution < -0.4 is 10.6 Å². The topological polar surface area (TPSA) is 85.2 Å². The van der Waals surface area contributed by atoms with Crippen molar-refractivity contribution in [2.75, 3.05) is 24.6 Å². The number of hydrogen-bond acceptors (Lipinski definition) is 6. The lowest BCUT2D eigenvalue weighted by atomic mass is 9.97. The molecule has 1 atom stereocenters. The number of esters is 1. The molecule has 1 saturated heterocycles. The van der Waals surface area contributed by atoms with Gasteiger partial charge < -0.3 is 15.4 Å². The second-order valence-electron chi connectivity index (χ2n) is 7.55. The lowest BCUT2D eigenvalue weighted by Gasteiger charge is -2.29. The molecule has 1 fully saturated rings. The summed E-state index contributed by atoms with van der Waals surface area (Å²) in [5.74, 6) is -0.736. The summed E-state index contributed by atoms with van der Waals surface area (Å²) in [6.07, 6.45) is 7.94. The molecule has 2 aromatic heterocycles. The van der Waals surface area contributed by atoms with Gasteiger partial charge in [0.2, 0.25) is 0 Å². The molecule has 0 saturated carbocycles. The number of aromatic nitrogens is 2. The number of pyridine rings is 1. The third-order valence-electron chi connectivity index (χ3n) is 5.37. The van der Waals surface area contributed by atoms with E-state index in [1.165, 1.54) is 19.3 Å². The van der Waals surface area contributed by atoms with Crippen molar-refractivity contribution >= 4 is 22.9 Å². The number of ether oxygens (including phenoxy) is 1. The normalized spacial score (nSPS) is 17.4. The standard InChI is InChI=1S/C23H30FN5O2/c1-4-31-23(30)19-15-27-29-12-9-18(13-22(19)29)28-11-6-8-21(28)17(3)20(7-5-10-25)26-14-16(2)24/h9,12-15,21H,3-8,10-11,25H2,1-2H3/b16-14+,26-20?/t21-/m1/s1. The molecule has 3 rings (SSSR count). The van der Waals surface area contributed by atoms with Crippen LogP contribution in [0.3, 0.4) is 0 Å². The van der Waals surface area contributed by atoms with E-state index in [2.05, 4.69) is 21.6 Å². The zero-order valence-electron chi connectivity index (χ0n) is 18.2. The van der Waals surface area contributed by atoms with Crippen LogP contribution in [0.4, 0.5) is 10.1 Å². The summed E-state index contributed by atoms with van der Waals surface area (Å²) in [7, 11) is 0. The Hall–Kier alpha value is -3.00. The Labute approximate surface area is 182 Å². The van der Waals surface area contributed by atoms with Crippen molar-refractivity contribution in [3.8, 4) is 0 Å². The van der Waals surface area contributed by atoms with Crippen LogP contribution in [0.15, 0.2) is 53.7 Å². The Kier molecular flexibility index (Phi) is 7.57. The molecule has 3 heterocycles. The van der Waals surface area contributed by atoms with E-state index in [4.69, 9.17) is 10.5 Å². The number of hydrogen-bond donors (Lipinski definition) is 1. The summed E-state index contributed by atoms with van der Waals surface area (Å²) in [5, 5.41) is 4.25. The number of aliphatic imine (C=N–C) groups is 1. The fourth-order valence-electron chi connectivity index (χ4n) is 3.89. The highest BCUT2D eigenvalue weighted by atomic mass is 19.1. The molecule has 0 aliphatic carbocycles. The van der Waals surface area contributed by atoms with Gasteiger partial charge >= 0.3 is 5.97 Å². The second-order valence-corrected chi connectivity index (χ2v) is 7.55. The van der Waals surface area contributed by atoms with E-state index >= 15 is 0 Å². The first-order valence-corrected chi connectivity index (χ1v) is 10.7. The number of carbonyl (C=O) groups excluding carboxylic acids is 1. The fourth-order valence-corrected chi connectivity index (χ4v) is 3.89. The van der Waals surface area contributed by atoms with Crippen molar-refractivity contribution in [1.29, 1.82) is 0 Å². The molecule has 8 heteroatoms. The third kappa shape index (κ3) is 5.19. The van der Waals surface area contributed by atoms with Crippen molar-refractivity contribution in [1.82, 2.24) is 9.61 Å². The van der Waals surface area contributed by atoms with Crippen molar-refractivity contribution < 1.29 is 13.9 Å². The molecule has 7 nitrogen and oxygen atoms in total. The van der Waals surface area contributed by atoms with Gasteiger partial charge in [0.05, 0.1) is 30.6 Å². The Bertz CT molecular complexity index is 1010. The van der Waals surface area contributed by atoms with Gasteiger partial charge in [-0.3, -0.25) is 4.99 Å². The van der Waals surface area contributed by atoms with Crippen molar-refractivity contribution in [3.63, 3.8) is 0 Å². The first kappa shape index (κ1) is 22.7. The number of carbonyl (C=O) groups is 1. The largest absolute Gasteiger partial charge is 0.462 e. The molecule has 0 bridgehead atoms. The average molecular weight is 428 g/mol. The van der Waals surface area contributed by atoms with Gasteiger partial charge in [0.25, 0.3) is 0 Å². The molecule has 0 unspecified atom stereocenters. The lowest BCUT2D eigenvalue weighted by molar-refractivity contribution is 0.0528. The maximum Gasteiger partial charge on any atom is 0.341 e. The number of halogens is 1. The van der Waals surface area contributed by atoms with Gasteiger partial charge in [-0.05, 0) is 63.8 Å². The minimum Gasteiger partial charge on any atom is -0.462 e. The molecule has 0 radical (unpaired) electrons. The third-order valence-corrected chi connectivity index (χ3v) is 5.37. The molecule has 1 aliphatic rings. The summed E-state index contributed by atoms with van der Waals surface area (Å²) in [5.41, 5.74) is 9.43. The van der Waals surface area contributed by atoms with Crippen LogP contribution in [0.5, 0.6) is 0 Å². The zero-order valence-corrected chi connectivity index (χ0v) is 18.2. The predicted molar refractivity (Wildman–Crippen MR) is 121 cm³/mol. The number of nitrogens with two attached hydrogens (primary N) is 1. The monoisotopic (exact) mass is 427 g/mol. The molecule has 0 amide bonds. The number of nitrogens with zero attached hydrogens (tertiary/aromatic N) is 4. The molecular formula is C23H30FN5O2. The molecule has 31 heavy (non-hydrogen) atoms. The Morgan fingerprint density at radius 2 is 2.32 bits per heavy atom. The molecule has 166 valence electrons. The van der Waals surface area contributed by atoms with Crippen LogP contribution in [0.25, 0.3) is 5.52 Å². The minimum absolute atomic E-state index is 0.0428. The zero-order chi connectivity index (χ0) is 22.4. The molecule has 1 aliphatic heterocycles. The Balaban J connectivity index is 1.91. The van der Waals surface area contributed by atoms with E-state index in [0.717, 1.165) is 42.8 Å². The first-order valence-electron chi connectivity index (χ1n) is 10.7. The van der Waals surface area contributed by atoms with E-state index in [1.54, 1.807) is 11.4 Å². The Morgan fingerprint density at radius 1 is 1.52 bits per heavy atom. The second kappa shape index (κ2) is 10.3. The van der Waals surface area contributed by atoms with E-state index in [0.29, 0.717) is 30.7 Å². The SMILES string of the molecule is C=C(C(CCCN)=N/C=C(\C)F)[C@H]1CCCN1c1ccn2ncc(C(=O)OCC)c2c1. The maximum absolute atomic E-state index is 13.3. The van der Waals surface area contributed by atoms with Crippen LogP contribution in [-0.2, 0) is 4.74 Å². The van der Waals surface area contributed by atoms with Gasteiger partial charge in [-0.1, -0.05) is 6.58 Å². The molecular weight excluding hydrogens is 397 g/mol. The van der Waals surface area contributed by atoms with Gasteiger partial charge in [-0.15, -0.1) is 0 Å². The van der Waals surface area contributed by atoms with E-state index in [9.17, 15) is 9.18 Å². The maximum atomic E-state index is 13.3. The smallest absolute Gasteiger partial charge is 0.341 e.